The minimum Gasteiger partial charge on any atom is -0.360 e. The molecule has 1 aromatic carbocycles. The number of aromatic nitrogens is 2. The summed E-state index contributed by atoms with van der Waals surface area (Å²) in [5.41, 5.74) is 2.11. The van der Waals surface area contributed by atoms with E-state index in [-0.39, 0.29) is 15.0 Å². The molecule has 20 heavy (non-hydrogen) atoms. The van der Waals surface area contributed by atoms with E-state index >= 15 is 0 Å². The zero-order valence-electron chi connectivity index (χ0n) is 9.72. The van der Waals surface area contributed by atoms with E-state index in [0.29, 0.717) is 15.9 Å². The van der Waals surface area contributed by atoms with Gasteiger partial charge in [0, 0.05) is 22.1 Å². The van der Waals surface area contributed by atoms with Crippen LogP contribution in [0.3, 0.4) is 0 Å². The minimum atomic E-state index is -3.74. The van der Waals surface area contributed by atoms with Crippen LogP contribution in [0.25, 0.3) is 10.9 Å². The van der Waals surface area contributed by atoms with Crippen LogP contribution in [0, 0.1) is 0 Å². The number of halogens is 2. The summed E-state index contributed by atoms with van der Waals surface area (Å²) >= 11 is 12.8. The molecule has 3 aromatic rings. The predicted molar refractivity (Wildman–Crippen MR) is 81.2 cm³/mol. The van der Waals surface area contributed by atoms with Crippen LogP contribution in [0.2, 0.25) is 10.2 Å². The first-order chi connectivity index (χ1) is 9.47. The SMILES string of the molecule is O=S(=O)(Nc1scnc1Cl)c1c[nH]c2cc(Cl)ccc12. The molecule has 5 nitrogen and oxygen atoms in total. The number of H-pyrrole nitrogens is 1. The molecule has 0 aliphatic carbocycles. The van der Waals surface area contributed by atoms with Crippen LogP contribution in [-0.2, 0) is 10.0 Å². The maximum Gasteiger partial charge on any atom is 0.264 e. The Morgan fingerprint density at radius 2 is 2.10 bits per heavy atom. The van der Waals surface area contributed by atoms with Gasteiger partial charge in [-0.05, 0) is 18.2 Å². The number of aromatic amines is 1. The second kappa shape index (κ2) is 4.92. The van der Waals surface area contributed by atoms with Crippen molar-refractivity contribution in [3.05, 3.63) is 40.1 Å². The standard InChI is InChI=1S/C11H7Cl2N3O2S2/c12-6-1-2-7-8(3-6)14-4-9(7)20(17,18)16-11-10(13)15-5-19-11/h1-5,14,16H. The van der Waals surface area contributed by atoms with Gasteiger partial charge >= 0.3 is 0 Å². The first kappa shape index (κ1) is 13.7. The molecule has 0 unspecified atom stereocenters. The third kappa shape index (κ3) is 2.37. The predicted octanol–water partition coefficient (Wildman–Crippen LogP) is 3.73. The van der Waals surface area contributed by atoms with Gasteiger partial charge in [0.05, 0.1) is 5.51 Å². The van der Waals surface area contributed by atoms with Crippen molar-refractivity contribution < 1.29 is 8.42 Å². The van der Waals surface area contributed by atoms with Crippen molar-refractivity contribution in [1.82, 2.24) is 9.97 Å². The first-order valence-electron chi connectivity index (χ1n) is 5.36. The van der Waals surface area contributed by atoms with Crippen molar-refractivity contribution in [2.45, 2.75) is 4.90 Å². The molecule has 104 valence electrons. The van der Waals surface area contributed by atoms with Gasteiger partial charge in [-0.2, -0.15) is 0 Å². The molecule has 0 aliphatic heterocycles. The third-order valence-electron chi connectivity index (χ3n) is 2.65. The molecule has 0 saturated carbocycles. The van der Waals surface area contributed by atoms with Crippen molar-refractivity contribution in [2.24, 2.45) is 0 Å². The maximum atomic E-state index is 12.4. The number of fused-ring (bicyclic) bond motifs is 1. The van der Waals surface area contributed by atoms with Crippen LogP contribution in [-0.4, -0.2) is 18.4 Å². The first-order valence-corrected chi connectivity index (χ1v) is 8.48. The molecule has 2 N–H and O–H groups in total. The monoisotopic (exact) mass is 347 g/mol. The molecule has 0 spiro atoms. The average Bonchev–Trinajstić information content (AvgIpc) is 2.96. The van der Waals surface area contributed by atoms with Crippen molar-refractivity contribution in [1.29, 1.82) is 0 Å². The molecule has 0 bridgehead atoms. The number of hydrogen-bond acceptors (Lipinski definition) is 4. The Labute approximate surface area is 128 Å². The summed E-state index contributed by atoms with van der Waals surface area (Å²) in [5, 5.41) is 1.50. The average molecular weight is 348 g/mol. The summed E-state index contributed by atoms with van der Waals surface area (Å²) in [4.78, 5) is 6.80. The van der Waals surface area contributed by atoms with Crippen LogP contribution in [0.15, 0.2) is 34.8 Å². The lowest BCUT2D eigenvalue weighted by Crippen LogP contribution is -2.11. The molecule has 0 fully saturated rings. The molecule has 0 aliphatic rings. The third-order valence-corrected chi connectivity index (χ3v) is 5.54. The van der Waals surface area contributed by atoms with Gasteiger partial charge in [-0.15, -0.1) is 11.3 Å². The van der Waals surface area contributed by atoms with Gasteiger partial charge in [-0.25, -0.2) is 13.4 Å². The van der Waals surface area contributed by atoms with Crippen LogP contribution in [0.4, 0.5) is 5.00 Å². The summed E-state index contributed by atoms with van der Waals surface area (Å²) < 4.78 is 27.2. The number of hydrogen-bond donors (Lipinski definition) is 2. The van der Waals surface area contributed by atoms with E-state index < -0.39 is 10.0 Å². The summed E-state index contributed by atoms with van der Waals surface area (Å²) in [5.74, 6) is 0. The molecule has 0 amide bonds. The van der Waals surface area contributed by atoms with Gasteiger partial charge in [-0.1, -0.05) is 23.2 Å². The fourth-order valence-electron chi connectivity index (χ4n) is 1.77. The highest BCUT2D eigenvalue weighted by Crippen LogP contribution is 2.30. The quantitative estimate of drug-likeness (QED) is 0.757. The maximum absolute atomic E-state index is 12.4. The minimum absolute atomic E-state index is 0.126. The highest BCUT2D eigenvalue weighted by Gasteiger charge is 2.21. The number of nitrogens with one attached hydrogen (secondary N) is 2. The van der Waals surface area contributed by atoms with Gasteiger partial charge in [0.25, 0.3) is 10.0 Å². The molecule has 0 radical (unpaired) electrons. The Kier molecular flexibility index (Phi) is 3.37. The normalized spacial score (nSPS) is 11.9. The summed E-state index contributed by atoms with van der Waals surface area (Å²) in [7, 11) is -3.74. The summed E-state index contributed by atoms with van der Waals surface area (Å²) in [6.07, 6.45) is 1.41. The lowest BCUT2D eigenvalue weighted by atomic mass is 10.2. The van der Waals surface area contributed by atoms with E-state index in [1.54, 1.807) is 18.2 Å². The molecule has 0 atom stereocenters. The molecule has 9 heteroatoms. The molecule has 3 rings (SSSR count). The lowest BCUT2D eigenvalue weighted by Gasteiger charge is -2.04. The molecule has 2 heterocycles. The van der Waals surface area contributed by atoms with Crippen molar-refractivity contribution in [3.63, 3.8) is 0 Å². The summed E-state index contributed by atoms with van der Waals surface area (Å²) in [6, 6.07) is 4.95. The van der Waals surface area contributed by atoms with Gasteiger partial charge in [0.2, 0.25) is 0 Å². The second-order valence-electron chi connectivity index (χ2n) is 3.92. The largest absolute Gasteiger partial charge is 0.360 e. The van der Waals surface area contributed by atoms with E-state index in [9.17, 15) is 8.42 Å². The van der Waals surface area contributed by atoms with Crippen LogP contribution < -0.4 is 4.72 Å². The van der Waals surface area contributed by atoms with Crippen molar-refractivity contribution in [3.8, 4) is 0 Å². The van der Waals surface area contributed by atoms with Gasteiger partial charge < -0.3 is 4.98 Å². The van der Waals surface area contributed by atoms with Gasteiger partial charge in [-0.3, -0.25) is 4.72 Å². The molecular formula is C11H7Cl2N3O2S2. The van der Waals surface area contributed by atoms with Crippen LogP contribution in [0.1, 0.15) is 0 Å². The number of thiazole rings is 1. The molecule has 0 saturated heterocycles. The highest BCUT2D eigenvalue weighted by molar-refractivity contribution is 7.93. The zero-order chi connectivity index (χ0) is 14.3. The van der Waals surface area contributed by atoms with Crippen LogP contribution in [0.5, 0.6) is 0 Å². The fourth-order valence-corrected chi connectivity index (χ4v) is 4.35. The number of sulfonamides is 1. The van der Waals surface area contributed by atoms with Gasteiger partial charge in [0.1, 0.15) is 9.90 Å². The van der Waals surface area contributed by atoms with E-state index in [2.05, 4.69) is 14.7 Å². The number of rotatable bonds is 3. The van der Waals surface area contributed by atoms with Crippen molar-refractivity contribution in [2.75, 3.05) is 4.72 Å². The smallest absolute Gasteiger partial charge is 0.264 e. The zero-order valence-corrected chi connectivity index (χ0v) is 12.9. The Bertz CT molecular complexity index is 886. The van der Waals surface area contributed by atoms with Crippen LogP contribution >= 0.6 is 34.5 Å². The highest BCUT2D eigenvalue weighted by atomic mass is 35.5. The van der Waals surface area contributed by atoms with E-state index in [0.717, 1.165) is 11.3 Å². The number of benzene rings is 1. The van der Waals surface area contributed by atoms with Gasteiger partial charge in [0.15, 0.2) is 5.15 Å². The Morgan fingerprint density at radius 3 is 2.80 bits per heavy atom. The lowest BCUT2D eigenvalue weighted by molar-refractivity contribution is 0.602. The topological polar surface area (TPSA) is 74.8 Å². The van der Waals surface area contributed by atoms with Crippen molar-refractivity contribution >= 4 is 60.5 Å². The van der Waals surface area contributed by atoms with E-state index in [4.69, 9.17) is 23.2 Å². The second-order valence-corrected chi connectivity index (χ2v) is 7.22. The Balaban J connectivity index is 2.08. The molecule has 2 aromatic heterocycles. The Hall–Kier alpha value is -1.28. The van der Waals surface area contributed by atoms with E-state index in [1.165, 1.54) is 11.7 Å². The number of anilines is 1. The Morgan fingerprint density at radius 1 is 1.30 bits per heavy atom. The summed E-state index contributed by atoms with van der Waals surface area (Å²) in [6.45, 7) is 0. The fraction of sp³-hybridized carbons (Fsp3) is 0. The van der Waals surface area contributed by atoms with E-state index in [1.807, 2.05) is 0 Å². The number of nitrogens with zero attached hydrogens (tertiary/aromatic N) is 1. The molecular weight excluding hydrogens is 341 g/mol.